The molecule has 0 atom stereocenters. The molecule has 2 N–H and O–H groups in total. The molecule has 0 saturated heterocycles. The van der Waals surface area contributed by atoms with Crippen molar-refractivity contribution in [1.82, 2.24) is 9.97 Å². The smallest absolute Gasteiger partial charge is 0.228 e. The maximum atomic E-state index is 12.5. The van der Waals surface area contributed by atoms with Gasteiger partial charge in [-0.3, -0.25) is 9.78 Å². The summed E-state index contributed by atoms with van der Waals surface area (Å²) >= 11 is 6.00. The van der Waals surface area contributed by atoms with Crippen molar-refractivity contribution in [2.24, 2.45) is 0 Å². The number of fused-ring (bicyclic) bond motifs is 1. The highest BCUT2D eigenvalue weighted by molar-refractivity contribution is 6.31. The molecule has 2 aromatic heterocycles. The van der Waals surface area contributed by atoms with Crippen molar-refractivity contribution in [3.63, 3.8) is 0 Å². The zero-order valence-electron chi connectivity index (χ0n) is 14.3. The normalized spacial score (nSPS) is 10.7. The van der Waals surface area contributed by atoms with E-state index in [-0.39, 0.29) is 12.3 Å². The number of pyridine rings is 1. The quantitative estimate of drug-likeness (QED) is 0.503. The second-order valence-electron chi connectivity index (χ2n) is 6.04. The summed E-state index contributed by atoms with van der Waals surface area (Å²) in [6.07, 6.45) is 5.42. The molecule has 2 heterocycles. The van der Waals surface area contributed by atoms with Crippen molar-refractivity contribution < 1.29 is 9.53 Å². The standard InChI is InChI=1S/C21H16ClN3O2/c22-15-4-5-19-14(13-24-20(19)11-15)10-21(26)25-16-2-1-3-18(12-16)27-17-6-8-23-9-7-17/h1-9,11-13,24H,10H2,(H,25,26). The van der Waals surface area contributed by atoms with Gasteiger partial charge < -0.3 is 15.0 Å². The van der Waals surface area contributed by atoms with Crippen molar-refractivity contribution in [3.05, 3.63) is 83.8 Å². The minimum absolute atomic E-state index is 0.105. The summed E-state index contributed by atoms with van der Waals surface area (Å²) < 4.78 is 5.77. The molecule has 27 heavy (non-hydrogen) atoms. The van der Waals surface area contributed by atoms with E-state index in [1.165, 1.54) is 0 Å². The molecule has 0 aliphatic heterocycles. The van der Waals surface area contributed by atoms with E-state index in [1.807, 2.05) is 42.6 Å². The number of amides is 1. The fourth-order valence-corrected chi connectivity index (χ4v) is 3.03. The fraction of sp³-hybridized carbons (Fsp3) is 0.0476. The lowest BCUT2D eigenvalue weighted by Gasteiger charge is -2.09. The molecule has 0 radical (unpaired) electrons. The van der Waals surface area contributed by atoms with Crippen LogP contribution in [0.3, 0.4) is 0 Å². The molecule has 0 unspecified atom stereocenters. The monoisotopic (exact) mass is 377 g/mol. The average Bonchev–Trinajstić information content (AvgIpc) is 3.04. The molecule has 0 aliphatic carbocycles. The highest BCUT2D eigenvalue weighted by atomic mass is 35.5. The minimum atomic E-state index is -0.105. The Hall–Kier alpha value is -3.31. The predicted octanol–water partition coefficient (Wildman–Crippen LogP) is 5.19. The average molecular weight is 378 g/mol. The van der Waals surface area contributed by atoms with Gasteiger partial charge in [-0.25, -0.2) is 0 Å². The van der Waals surface area contributed by atoms with Gasteiger partial charge in [-0.15, -0.1) is 0 Å². The van der Waals surface area contributed by atoms with Crippen LogP contribution in [0.5, 0.6) is 11.5 Å². The Balaban J connectivity index is 1.45. The summed E-state index contributed by atoms with van der Waals surface area (Å²) in [7, 11) is 0. The van der Waals surface area contributed by atoms with Crippen molar-refractivity contribution in [3.8, 4) is 11.5 Å². The highest BCUT2D eigenvalue weighted by Crippen LogP contribution is 2.25. The number of carbonyl (C=O) groups is 1. The third kappa shape index (κ3) is 4.10. The molecule has 4 rings (SSSR count). The molecule has 0 fully saturated rings. The molecule has 5 nitrogen and oxygen atoms in total. The number of hydrogen-bond donors (Lipinski definition) is 2. The molecule has 0 saturated carbocycles. The first-order valence-electron chi connectivity index (χ1n) is 8.41. The first kappa shape index (κ1) is 17.1. The molecule has 0 aliphatic rings. The van der Waals surface area contributed by atoms with E-state index < -0.39 is 0 Å². The van der Waals surface area contributed by atoms with Crippen molar-refractivity contribution >= 4 is 34.1 Å². The van der Waals surface area contributed by atoms with E-state index in [4.69, 9.17) is 16.3 Å². The van der Waals surface area contributed by atoms with Gasteiger partial charge in [-0.1, -0.05) is 23.7 Å². The number of anilines is 1. The van der Waals surface area contributed by atoms with Crippen LogP contribution >= 0.6 is 11.6 Å². The van der Waals surface area contributed by atoms with E-state index in [9.17, 15) is 4.79 Å². The number of nitrogens with zero attached hydrogens (tertiary/aromatic N) is 1. The van der Waals surface area contributed by atoms with Gasteiger partial charge in [0.05, 0.1) is 6.42 Å². The first-order valence-corrected chi connectivity index (χ1v) is 8.78. The van der Waals surface area contributed by atoms with Crippen molar-refractivity contribution in [1.29, 1.82) is 0 Å². The van der Waals surface area contributed by atoms with Gasteiger partial charge in [0.25, 0.3) is 0 Å². The third-order valence-electron chi connectivity index (χ3n) is 4.08. The van der Waals surface area contributed by atoms with E-state index in [1.54, 1.807) is 30.6 Å². The lowest BCUT2D eigenvalue weighted by Crippen LogP contribution is -2.14. The van der Waals surface area contributed by atoms with E-state index >= 15 is 0 Å². The number of H-pyrrole nitrogens is 1. The lowest BCUT2D eigenvalue weighted by molar-refractivity contribution is -0.115. The number of rotatable bonds is 5. The lowest BCUT2D eigenvalue weighted by atomic mass is 10.1. The summed E-state index contributed by atoms with van der Waals surface area (Å²) in [5.41, 5.74) is 2.51. The number of aromatic nitrogens is 2. The van der Waals surface area contributed by atoms with Gasteiger partial charge in [0.1, 0.15) is 11.5 Å². The van der Waals surface area contributed by atoms with Gasteiger partial charge in [-0.2, -0.15) is 0 Å². The summed E-state index contributed by atoms with van der Waals surface area (Å²) in [4.78, 5) is 19.6. The summed E-state index contributed by atoms with van der Waals surface area (Å²) in [6.45, 7) is 0. The van der Waals surface area contributed by atoms with Gasteiger partial charge in [-0.05, 0) is 42.0 Å². The zero-order valence-corrected chi connectivity index (χ0v) is 15.0. The number of nitrogens with one attached hydrogen (secondary N) is 2. The van der Waals surface area contributed by atoms with Crippen LogP contribution < -0.4 is 10.1 Å². The molecular formula is C21H16ClN3O2. The Morgan fingerprint density at radius 2 is 1.93 bits per heavy atom. The Morgan fingerprint density at radius 1 is 1.07 bits per heavy atom. The van der Waals surface area contributed by atoms with Crippen molar-refractivity contribution in [2.45, 2.75) is 6.42 Å². The Kier molecular flexibility index (Phi) is 4.77. The third-order valence-corrected chi connectivity index (χ3v) is 4.32. The predicted molar refractivity (Wildman–Crippen MR) is 106 cm³/mol. The van der Waals surface area contributed by atoms with Crippen LogP contribution in [0, 0.1) is 0 Å². The first-order chi connectivity index (χ1) is 13.2. The Labute approximate surface area is 161 Å². The van der Waals surface area contributed by atoms with E-state index in [0.29, 0.717) is 22.2 Å². The van der Waals surface area contributed by atoms with E-state index in [2.05, 4.69) is 15.3 Å². The molecule has 4 aromatic rings. The Morgan fingerprint density at radius 3 is 2.78 bits per heavy atom. The second-order valence-corrected chi connectivity index (χ2v) is 6.48. The van der Waals surface area contributed by atoms with Crippen LogP contribution in [0.4, 0.5) is 5.69 Å². The zero-order chi connectivity index (χ0) is 18.6. The summed E-state index contributed by atoms with van der Waals surface area (Å²) in [5.74, 6) is 1.22. The van der Waals surface area contributed by atoms with Crippen LogP contribution in [0.2, 0.25) is 5.02 Å². The van der Waals surface area contributed by atoms with E-state index in [0.717, 1.165) is 16.5 Å². The van der Waals surface area contributed by atoms with Gasteiger partial charge >= 0.3 is 0 Å². The van der Waals surface area contributed by atoms with Crippen LogP contribution in [0.1, 0.15) is 5.56 Å². The fourth-order valence-electron chi connectivity index (χ4n) is 2.86. The number of hydrogen-bond acceptors (Lipinski definition) is 3. The number of carbonyl (C=O) groups excluding carboxylic acids is 1. The van der Waals surface area contributed by atoms with Crippen LogP contribution in [0.25, 0.3) is 10.9 Å². The van der Waals surface area contributed by atoms with Gasteiger partial charge in [0.2, 0.25) is 5.91 Å². The largest absolute Gasteiger partial charge is 0.457 e. The second kappa shape index (κ2) is 7.51. The molecule has 134 valence electrons. The molecule has 1 amide bonds. The maximum absolute atomic E-state index is 12.5. The van der Waals surface area contributed by atoms with Crippen molar-refractivity contribution in [2.75, 3.05) is 5.32 Å². The summed E-state index contributed by atoms with van der Waals surface area (Å²) in [6, 6.07) is 16.4. The van der Waals surface area contributed by atoms with Gasteiger partial charge in [0, 0.05) is 46.3 Å². The number of benzene rings is 2. The highest BCUT2D eigenvalue weighted by Gasteiger charge is 2.10. The number of ether oxygens (including phenoxy) is 1. The Bertz CT molecular complexity index is 1090. The number of aromatic amines is 1. The molecule has 2 aromatic carbocycles. The van der Waals surface area contributed by atoms with Crippen LogP contribution in [-0.2, 0) is 11.2 Å². The summed E-state index contributed by atoms with van der Waals surface area (Å²) in [5, 5.41) is 4.56. The molecule has 0 spiro atoms. The topological polar surface area (TPSA) is 67.0 Å². The molecular weight excluding hydrogens is 362 g/mol. The molecule has 6 heteroatoms. The van der Waals surface area contributed by atoms with Gasteiger partial charge in [0.15, 0.2) is 0 Å². The van der Waals surface area contributed by atoms with Crippen LogP contribution in [-0.4, -0.2) is 15.9 Å². The minimum Gasteiger partial charge on any atom is -0.457 e. The maximum Gasteiger partial charge on any atom is 0.228 e. The SMILES string of the molecule is O=C(Cc1c[nH]c2cc(Cl)ccc12)Nc1cccc(Oc2ccncc2)c1. The molecule has 0 bridgehead atoms. The van der Waals surface area contributed by atoms with Crippen LogP contribution in [0.15, 0.2) is 73.2 Å². The number of halogens is 1.